The minimum Gasteiger partial charge on any atom is -0.454 e. The van der Waals surface area contributed by atoms with E-state index in [0.717, 1.165) is 5.75 Å². The summed E-state index contributed by atoms with van der Waals surface area (Å²) in [5.74, 6) is 1.56. The molecule has 4 nitrogen and oxygen atoms in total. The Morgan fingerprint density at radius 1 is 1.20 bits per heavy atom. The van der Waals surface area contributed by atoms with Crippen LogP contribution in [0.5, 0.6) is 11.5 Å². The van der Waals surface area contributed by atoms with E-state index in [1.807, 2.05) is 12.1 Å². The lowest BCUT2D eigenvalue weighted by molar-refractivity contribution is 0.0734. The van der Waals surface area contributed by atoms with Crippen LogP contribution in [0.1, 0.15) is 43.5 Å². The Balaban J connectivity index is 1.72. The molecule has 1 saturated heterocycles. The molecule has 20 heavy (non-hydrogen) atoms. The van der Waals surface area contributed by atoms with Crippen molar-refractivity contribution in [2.24, 2.45) is 0 Å². The molecule has 1 aromatic rings. The minimum atomic E-state index is 0.156. The number of fused-ring (bicyclic) bond motifs is 1. The molecule has 1 fully saturated rings. The van der Waals surface area contributed by atoms with Crippen molar-refractivity contribution in [2.45, 2.75) is 45.2 Å². The number of piperidine rings is 1. The molecule has 2 aliphatic heterocycles. The number of hydrogen-bond acceptors (Lipinski definition) is 4. The fourth-order valence-corrected chi connectivity index (χ4v) is 3.11. The number of ether oxygens (including phenoxy) is 2. The summed E-state index contributed by atoms with van der Waals surface area (Å²) in [4.78, 5) is 14.8. The number of rotatable bonds is 3. The standard InChI is InChI=1S/C16H21NO3/c1-11-4-3-5-12(2)17(11)9-14(18)13-6-7-15-16(8-13)20-10-19-15/h6-8,11-12H,3-5,9-10H2,1-2H3. The number of likely N-dealkylation sites (tertiary alicyclic amines) is 1. The fourth-order valence-electron chi connectivity index (χ4n) is 3.11. The molecule has 1 aromatic carbocycles. The number of benzene rings is 1. The molecule has 3 rings (SSSR count). The van der Waals surface area contributed by atoms with Crippen molar-refractivity contribution in [3.05, 3.63) is 23.8 Å². The lowest BCUT2D eigenvalue weighted by Crippen LogP contribution is -2.46. The predicted molar refractivity (Wildman–Crippen MR) is 76.4 cm³/mol. The maximum absolute atomic E-state index is 12.5. The second kappa shape index (κ2) is 5.44. The summed E-state index contributed by atoms with van der Waals surface area (Å²) in [7, 11) is 0. The Bertz CT molecular complexity index is 504. The van der Waals surface area contributed by atoms with Crippen molar-refractivity contribution < 1.29 is 14.3 Å². The molecule has 2 heterocycles. The van der Waals surface area contributed by atoms with Gasteiger partial charge in [0.15, 0.2) is 17.3 Å². The molecule has 2 aliphatic rings. The van der Waals surface area contributed by atoms with Gasteiger partial charge < -0.3 is 9.47 Å². The average molecular weight is 275 g/mol. The summed E-state index contributed by atoms with van der Waals surface area (Å²) < 4.78 is 10.6. The first kappa shape index (κ1) is 13.4. The molecule has 0 saturated carbocycles. The monoisotopic (exact) mass is 275 g/mol. The van der Waals surface area contributed by atoms with Crippen LogP contribution in [-0.2, 0) is 0 Å². The van der Waals surface area contributed by atoms with Crippen LogP contribution in [0.25, 0.3) is 0 Å². The van der Waals surface area contributed by atoms with E-state index in [2.05, 4.69) is 18.7 Å². The van der Waals surface area contributed by atoms with Crippen molar-refractivity contribution >= 4 is 5.78 Å². The molecule has 0 aromatic heterocycles. The van der Waals surface area contributed by atoms with E-state index in [0.29, 0.717) is 29.9 Å². The third kappa shape index (κ3) is 2.52. The van der Waals surface area contributed by atoms with Crippen molar-refractivity contribution in [3.8, 4) is 11.5 Å². The zero-order valence-corrected chi connectivity index (χ0v) is 12.1. The maximum Gasteiger partial charge on any atom is 0.231 e. The van der Waals surface area contributed by atoms with Gasteiger partial charge in [-0.1, -0.05) is 6.42 Å². The Kier molecular flexibility index (Phi) is 3.66. The molecule has 108 valence electrons. The molecular weight excluding hydrogens is 254 g/mol. The van der Waals surface area contributed by atoms with Crippen LogP contribution in [0.2, 0.25) is 0 Å². The van der Waals surface area contributed by atoms with Gasteiger partial charge in [-0.15, -0.1) is 0 Å². The Morgan fingerprint density at radius 3 is 2.65 bits per heavy atom. The second-order valence-corrected chi connectivity index (χ2v) is 5.79. The largest absolute Gasteiger partial charge is 0.454 e. The number of Topliss-reactive ketones (excluding diaryl/α,β-unsaturated/α-hetero) is 1. The highest BCUT2D eigenvalue weighted by atomic mass is 16.7. The van der Waals surface area contributed by atoms with Crippen LogP contribution in [0.4, 0.5) is 0 Å². The lowest BCUT2D eigenvalue weighted by atomic mass is 9.96. The molecule has 0 bridgehead atoms. The van der Waals surface area contributed by atoms with E-state index in [-0.39, 0.29) is 12.6 Å². The minimum absolute atomic E-state index is 0.156. The third-order valence-corrected chi connectivity index (χ3v) is 4.40. The van der Waals surface area contributed by atoms with Crippen LogP contribution in [-0.4, -0.2) is 36.1 Å². The highest BCUT2D eigenvalue weighted by Crippen LogP contribution is 2.33. The summed E-state index contributed by atoms with van der Waals surface area (Å²) in [6, 6.07) is 6.41. The van der Waals surface area contributed by atoms with Crippen LogP contribution < -0.4 is 9.47 Å². The molecule has 2 atom stereocenters. The van der Waals surface area contributed by atoms with Gasteiger partial charge >= 0.3 is 0 Å². The molecule has 0 amide bonds. The predicted octanol–water partition coefficient (Wildman–Crippen LogP) is 2.86. The Hall–Kier alpha value is -1.55. The highest BCUT2D eigenvalue weighted by Gasteiger charge is 2.27. The van der Waals surface area contributed by atoms with Gasteiger partial charge in [0.25, 0.3) is 0 Å². The molecule has 0 N–H and O–H groups in total. The van der Waals surface area contributed by atoms with Crippen molar-refractivity contribution in [1.82, 2.24) is 4.90 Å². The molecule has 0 spiro atoms. The van der Waals surface area contributed by atoms with E-state index >= 15 is 0 Å². The lowest BCUT2D eigenvalue weighted by Gasteiger charge is -2.38. The summed E-state index contributed by atoms with van der Waals surface area (Å²) >= 11 is 0. The maximum atomic E-state index is 12.5. The van der Waals surface area contributed by atoms with Gasteiger partial charge in [-0.2, -0.15) is 0 Å². The van der Waals surface area contributed by atoms with E-state index in [4.69, 9.17) is 9.47 Å². The summed E-state index contributed by atoms with van der Waals surface area (Å²) in [6.07, 6.45) is 3.62. The van der Waals surface area contributed by atoms with E-state index in [1.165, 1.54) is 19.3 Å². The van der Waals surface area contributed by atoms with E-state index in [9.17, 15) is 4.79 Å². The van der Waals surface area contributed by atoms with Crippen LogP contribution in [0.3, 0.4) is 0 Å². The number of hydrogen-bond donors (Lipinski definition) is 0. The van der Waals surface area contributed by atoms with Crippen molar-refractivity contribution in [3.63, 3.8) is 0 Å². The molecule has 2 unspecified atom stereocenters. The zero-order valence-electron chi connectivity index (χ0n) is 12.1. The first-order chi connectivity index (χ1) is 9.65. The van der Waals surface area contributed by atoms with Crippen molar-refractivity contribution in [2.75, 3.05) is 13.3 Å². The number of ketones is 1. The normalized spacial score (nSPS) is 25.7. The average Bonchev–Trinajstić information content (AvgIpc) is 2.90. The zero-order chi connectivity index (χ0) is 14.1. The number of nitrogens with zero attached hydrogens (tertiary/aromatic N) is 1. The SMILES string of the molecule is CC1CCCC(C)N1CC(=O)c1ccc2c(c1)OCO2. The summed E-state index contributed by atoms with van der Waals surface area (Å²) in [5.41, 5.74) is 0.708. The first-order valence-corrected chi connectivity index (χ1v) is 7.34. The van der Waals surface area contributed by atoms with Crippen molar-refractivity contribution in [1.29, 1.82) is 0 Å². The Labute approximate surface area is 119 Å². The Morgan fingerprint density at radius 2 is 1.90 bits per heavy atom. The van der Waals surface area contributed by atoms with Crippen LogP contribution >= 0.6 is 0 Å². The molecular formula is C16H21NO3. The van der Waals surface area contributed by atoms with Gasteiger partial charge in [-0.25, -0.2) is 0 Å². The molecule has 4 heteroatoms. The highest BCUT2D eigenvalue weighted by molar-refractivity contribution is 5.98. The topological polar surface area (TPSA) is 38.8 Å². The van der Waals surface area contributed by atoms with E-state index in [1.54, 1.807) is 6.07 Å². The second-order valence-electron chi connectivity index (χ2n) is 5.79. The van der Waals surface area contributed by atoms with Crippen LogP contribution in [0.15, 0.2) is 18.2 Å². The van der Waals surface area contributed by atoms with Gasteiger partial charge in [-0.05, 0) is 44.9 Å². The van der Waals surface area contributed by atoms with Gasteiger partial charge in [0, 0.05) is 17.6 Å². The van der Waals surface area contributed by atoms with E-state index < -0.39 is 0 Å². The number of carbonyl (C=O) groups excluding carboxylic acids is 1. The first-order valence-electron chi connectivity index (χ1n) is 7.34. The smallest absolute Gasteiger partial charge is 0.231 e. The quantitative estimate of drug-likeness (QED) is 0.795. The summed E-state index contributed by atoms with van der Waals surface area (Å²) in [5, 5.41) is 0. The van der Waals surface area contributed by atoms with Gasteiger partial charge in [0.05, 0.1) is 6.54 Å². The summed E-state index contributed by atoms with van der Waals surface area (Å²) in [6.45, 7) is 5.15. The van der Waals surface area contributed by atoms with Crippen LogP contribution in [0, 0.1) is 0 Å². The van der Waals surface area contributed by atoms with Gasteiger partial charge in [0.2, 0.25) is 6.79 Å². The fraction of sp³-hybridized carbons (Fsp3) is 0.562. The molecule has 0 aliphatic carbocycles. The number of carbonyl (C=O) groups is 1. The third-order valence-electron chi connectivity index (χ3n) is 4.40. The van der Waals surface area contributed by atoms with Gasteiger partial charge in [0.1, 0.15) is 0 Å². The van der Waals surface area contributed by atoms with Gasteiger partial charge in [-0.3, -0.25) is 9.69 Å². The molecule has 0 radical (unpaired) electrons.